The predicted octanol–water partition coefficient (Wildman–Crippen LogP) is 2.17. The van der Waals surface area contributed by atoms with Gasteiger partial charge in [0.05, 0.1) is 5.56 Å². The molecule has 21 heavy (non-hydrogen) atoms. The molecule has 7 heteroatoms. The maximum Gasteiger partial charge on any atom is 0.416 e. The molecule has 0 aromatic heterocycles. The van der Waals surface area contributed by atoms with Gasteiger partial charge in [-0.2, -0.15) is 13.2 Å². The summed E-state index contributed by atoms with van der Waals surface area (Å²) in [6, 6.07) is 1.91. The lowest BCUT2D eigenvalue weighted by Gasteiger charge is -2.35. The van der Waals surface area contributed by atoms with Gasteiger partial charge in [0, 0.05) is 44.4 Å². The van der Waals surface area contributed by atoms with Crippen molar-refractivity contribution in [1.29, 1.82) is 0 Å². The Hall–Kier alpha value is -1.18. The van der Waals surface area contributed by atoms with E-state index in [1.165, 1.54) is 0 Å². The SMILES string of the molecule is OCC[C@H](c1cc(C(F)(F)F)ccc1F)N1CCNCC1. The zero-order chi connectivity index (χ0) is 15.5. The van der Waals surface area contributed by atoms with Crippen LogP contribution >= 0.6 is 0 Å². The molecule has 0 aliphatic carbocycles. The molecule has 1 atom stereocenters. The number of aliphatic hydroxyl groups excluding tert-OH is 1. The summed E-state index contributed by atoms with van der Waals surface area (Å²) in [5.74, 6) is -0.667. The number of nitrogens with zero attached hydrogens (tertiary/aromatic N) is 1. The Balaban J connectivity index is 2.34. The van der Waals surface area contributed by atoms with Gasteiger partial charge >= 0.3 is 6.18 Å². The van der Waals surface area contributed by atoms with Gasteiger partial charge in [-0.05, 0) is 24.6 Å². The lowest BCUT2D eigenvalue weighted by atomic mass is 9.98. The average molecular weight is 306 g/mol. The van der Waals surface area contributed by atoms with E-state index in [4.69, 9.17) is 5.11 Å². The van der Waals surface area contributed by atoms with Gasteiger partial charge in [0.15, 0.2) is 0 Å². The zero-order valence-electron chi connectivity index (χ0n) is 11.5. The summed E-state index contributed by atoms with van der Waals surface area (Å²) in [5, 5.41) is 12.3. The van der Waals surface area contributed by atoms with E-state index in [0.29, 0.717) is 26.2 Å². The van der Waals surface area contributed by atoms with E-state index in [0.717, 1.165) is 18.2 Å². The zero-order valence-corrected chi connectivity index (χ0v) is 11.5. The fraction of sp³-hybridized carbons (Fsp3) is 0.571. The molecule has 118 valence electrons. The number of piperazine rings is 1. The summed E-state index contributed by atoms with van der Waals surface area (Å²) in [6.07, 6.45) is -4.30. The summed E-state index contributed by atoms with van der Waals surface area (Å²) in [4.78, 5) is 1.91. The number of alkyl halides is 3. The van der Waals surface area contributed by atoms with E-state index < -0.39 is 23.6 Å². The Labute approximate surface area is 120 Å². The molecule has 0 amide bonds. The second kappa shape index (κ2) is 6.72. The third kappa shape index (κ3) is 3.93. The van der Waals surface area contributed by atoms with Crippen molar-refractivity contribution >= 4 is 0 Å². The number of halogens is 4. The van der Waals surface area contributed by atoms with Crippen LogP contribution in [0.4, 0.5) is 17.6 Å². The standard InChI is InChI=1S/C14H18F4N2O/c15-12-2-1-10(14(16,17)18)9-11(12)13(3-8-21)20-6-4-19-5-7-20/h1-2,9,13,19,21H,3-8H2/t13-/m1/s1. The van der Waals surface area contributed by atoms with Crippen LogP contribution in [-0.2, 0) is 6.18 Å². The first-order valence-electron chi connectivity index (χ1n) is 6.85. The fourth-order valence-electron chi connectivity index (χ4n) is 2.63. The van der Waals surface area contributed by atoms with Crippen LogP contribution in [0.5, 0.6) is 0 Å². The lowest BCUT2D eigenvalue weighted by molar-refractivity contribution is -0.137. The van der Waals surface area contributed by atoms with Crippen LogP contribution in [0, 0.1) is 5.82 Å². The first kappa shape index (κ1) is 16.2. The molecule has 0 unspecified atom stereocenters. The number of benzene rings is 1. The molecule has 0 radical (unpaired) electrons. The van der Waals surface area contributed by atoms with Gasteiger partial charge in [0.25, 0.3) is 0 Å². The van der Waals surface area contributed by atoms with Crippen molar-refractivity contribution in [3.05, 3.63) is 35.1 Å². The van der Waals surface area contributed by atoms with Gasteiger partial charge in [-0.15, -0.1) is 0 Å². The molecule has 0 saturated carbocycles. The Kier molecular flexibility index (Phi) is 5.18. The van der Waals surface area contributed by atoms with Gasteiger partial charge in [-0.1, -0.05) is 0 Å². The Bertz CT molecular complexity index is 473. The fourth-order valence-corrected chi connectivity index (χ4v) is 2.63. The summed E-state index contributed by atoms with van der Waals surface area (Å²) in [7, 11) is 0. The molecular weight excluding hydrogens is 288 g/mol. The van der Waals surface area contributed by atoms with Crippen LogP contribution in [0.3, 0.4) is 0 Å². The third-order valence-electron chi connectivity index (χ3n) is 3.68. The largest absolute Gasteiger partial charge is 0.416 e. The summed E-state index contributed by atoms with van der Waals surface area (Å²) < 4.78 is 52.4. The molecule has 0 spiro atoms. The van der Waals surface area contributed by atoms with Crippen LogP contribution in [-0.4, -0.2) is 42.8 Å². The van der Waals surface area contributed by atoms with Crippen LogP contribution < -0.4 is 5.32 Å². The summed E-state index contributed by atoms with van der Waals surface area (Å²) in [6.45, 7) is 2.41. The first-order chi connectivity index (χ1) is 9.93. The van der Waals surface area contributed by atoms with Crippen LogP contribution in [0.15, 0.2) is 18.2 Å². The summed E-state index contributed by atoms with van der Waals surface area (Å²) >= 11 is 0. The van der Waals surface area contributed by atoms with E-state index in [2.05, 4.69) is 5.32 Å². The molecule has 2 N–H and O–H groups in total. The van der Waals surface area contributed by atoms with Gasteiger partial charge in [0.1, 0.15) is 5.82 Å². The highest BCUT2D eigenvalue weighted by atomic mass is 19.4. The molecule has 2 rings (SSSR count). The summed E-state index contributed by atoms with van der Waals surface area (Å²) in [5.41, 5.74) is -0.863. The van der Waals surface area contributed by atoms with Crippen molar-refractivity contribution < 1.29 is 22.7 Å². The smallest absolute Gasteiger partial charge is 0.396 e. The van der Waals surface area contributed by atoms with Crippen LogP contribution in [0.2, 0.25) is 0 Å². The second-order valence-electron chi connectivity index (χ2n) is 5.05. The maximum atomic E-state index is 14.0. The van der Waals surface area contributed by atoms with Crippen molar-refractivity contribution in [3.8, 4) is 0 Å². The number of nitrogens with one attached hydrogen (secondary N) is 1. The molecule has 1 aliphatic rings. The Morgan fingerprint density at radius 2 is 1.90 bits per heavy atom. The van der Waals surface area contributed by atoms with E-state index in [1.807, 2.05) is 4.90 Å². The van der Waals surface area contributed by atoms with E-state index in [9.17, 15) is 17.6 Å². The quantitative estimate of drug-likeness (QED) is 0.837. The molecular formula is C14H18F4N2O. The highest BCUT2D eigenvalue weighted by Gasteiger charge is 2.33. The second-order valence-corrected chi connectivity index (χ2v) is 5.05. The van der Waals surface area contributed by atoms with Gasteiger partial charge in [-0.25, -0.2) is 4.39 Å². The average Bonchev–Trinajstić information content (AvgIpc) is 2.45. The topological polar surface area (TPSA) is 35.5 Å². The van der Waals surface area contributed by atoms with Gasteiger partial charge < -0.3 is 10.4 Å². The lowest BCUT2D eigenvalue weighted by Crippen LogP contribution is -2.45. The molecule has 1 heterocycles. The van der Waals surface area contributed by atoms with Crippen molar-refractivity contribution in [2.24, 2.45) is 0 Å². The van der Waals surface area contributed by atoms with Crippen LogP contribution in [0.1, 0.15) is 23.6 Å². The number of rotatable bonds is 4. The monoisotopic (exact) mass is 306 g/mol. The van der Waals surface area contributed by atoms with E-state index >= 15 is 0 Å². The van der Waals surface area contributed by atoms with E-state index in [-0.39, 0.29) is 18.6 Å². The number of hydrogen-bond acceptors (Lipinski definition) is 3. The molecule has 1 aliphatic heterocycles. The first-order valence-corrected chi connectivity index (χ1v) is 6.85. The van der Waals surface area contributed by atoms with Gasteiger partial charge in [-0.3, -0.25) is 4.90 Å². The van der Waals surface area contributed by atoms with Crippen molar-refractivity contribution in [3.63, 3.8) is 0 Å². The van der Waals surface area contributed by atoms with E-state index in [1.54, 1.807) is 0 Å². The van der Waals surface area contributed by atoms with Crippen molar-refractivity contribution in [2.75, 3.05) is 32.8 Å². The number of hydrogen-bond donors (Lipinski definition) is 2. The highest BCUT2D eigenvalue weighted by Crippen LogP contribution is 2.34. The molecule has 0 bridgehead atoms. The number of aliphatic hydroxyl groups is 1. The molecule has 1 saturated heterocycles. The minimum atomic E-state index is -4.50. The van der Waals surface area contributed by atoms with Crippen LogP contribution in [0.25, 0.3) is 0 Å². The minimum absolute atomic E-state index is 0.000718. The normalized spacial score (nSPS) is 18.7. The Morgan fingerprint density at radius 1 is 1.24 bits per heavy atom. The molecule has 1 fully saturated rings. The van der Waals surface area contributed by atoms with Crippen molar-refractivity contribution in [2.45, 2.75) is 18.6 Å². The van der Waals surface area contributed by atoms with Crippen molar-refractivity contribution in [1.82, 2.24) is 10.2 Å². The minimum Gasteiger partial charge on any atom is -0.396 e. The Morgan fingerprint density at radius 3 is 2.48 bits per heavy atom. The maximum absolute atomic E-state index is 14.0. The predicted molar refractivity (Wildman–Crippen MR) is 70.3 cm³/mol. The van der Waals surface area contributed by atoms with Gasteiger partial charge in [0.2, 0.25) is 0 Å². The molecule has 1 aromatic carbocycles. The molecule has 3 nitrogen and oxygen atoms in total. The highest BCUT2D eigenvalue weighted by molar-refractivity contribution is 5.29. The third-order valence-corrected chi connectivity index (χ3v) is 3.68. The molecule has 1 aromatic rings.